The summed E-state index contributed by atoms with van der Waals surface area (Å²) in [6, 6.07) is 6.94. The molecule has 0 spiro atoms. The third kappa shape index (κ3) is 3.81. The van der Waals surface area contributed by atoms with Crippen LogP contribution in [0.3, 0.4) is 0 Å². The van der Waals surface area contributed by atoms with E-state index in [0.717, 1.165) is 19.3 Å². The van der Waals surface area contributed by atoms with Gasteiger partial charge in [-0.3, -0.25) is 19.3 Å². The molecule has 1 aromatic rings. The maximum absolute atomic E-state index is 12.7. The quantitative estimate of drug-likeness (QED) is 0.840. The van der Waals surface area contributed by atoms with Gasteiger partial charge in [-0.25, -0.2) is 0 Å². The summed E-state index contributed by atoms with van der Waals surface area (Å²) in [6.45, 7) is 6.71. The summed E-state index contributed by atoms with van der Waals surface area (Å²) >= 11 is 0. The second-order valence-electron chi connectivity index (χ2n) is 8.51. The summed E-state index contributed by atoms with van der Waals surface area (Å²) in [5, 5.41) is 3.21. The van der Waals surface area contributed by atoms with Crippen LogP contribution >= 0.6 is 0 Å². The SMILES string of the molecule is CC(C)(C)[C@H]1CCCC[C@H]1NC(=O)c1ccc(N2C(=O)CCC2=O)cc1. The first kappa shape index (κ1) is 18.6. The van der Waals surface area contributed by atoms with Gasteiger partial charge in [0.15, 0.2) is 0 Å². The summed E-state index contributed by atoms with van der Waals surface area (Å²) < 4.78 is 0. The minimum atomic E-state index is -0.178. The summed E-state index contributed by atoms with van der Waals surface area (Å²) in [5.41, 5.74) is 1.27. The van der Waals surface area contributed by atoms with Crippen molar-refractivity contribution in [1.82, 2.24) is 5.32 Å². The van der Waals surface area contributed by atoms with E-state index in [4.69, 9.17) is 0 Å². The second-order valence-corrected chi connectivity index (χ2v) is 8.51. The summed E-state index contributed by atoms with van der Waals surface area (Å²) in [7, 11) is 0. The molecule has 2 atom stereocenters. The fourth-order valence-electron chi connectivity index (χ4n) is 4.22. The van der Waals surface area contributed by atoms with E-state index in [9.17, 15) is 14.4 Å². The van der Waals surface area contributed by atoms with Gasteiger partial charge in [0.25, 0.3) is 5.91 Å². The van der Waals surface area contributed by atoms with Gasteiger partial charge in [0, 0.05) is 24.4 Å². The molecule has 0 radical (unpaired) electrons. The van der Waals surface area contributed by atoms with Gasteiger partial charge in [-0.2, -0.15) is 0 Å². The first-order valence-electron chi connectivity index (χ1n) is 9.54. The smallest absolute Gasteiger partial charge is 0.251 e. The van der Waals surface area contributed by atoms with Crippen LogP contribution in [0.1, 0.15) is 69.7 Å². The molecule has 1 saturated heterocycles. The Morgan fingerprint density at radius 3 is 2.15 bits per heavy atom. The lowest BCUT2D eigenvalue weighted by atomic mass is 9.69. The van der Waals surface area contributed by atoms with Crippen LogP contribution in [0.2, 0.25) is 0 Å². The molecule has 3 rings (SSSR count). The Bertz CT molecular complexity index is 687. The van der Waals surface area contributed by atoms with Crippen molar-refractivity contribution in [2.45, 2.75) is 65.3 Å². The van der Waals surface area contributed by atoms with Crippen LogP contribution in [-0.4, -0.2) is 23.8 Å². The molecular weight excluding hydrogens is 328 g/mol. The number of rotatable bonds is 3. The Morgan fingerprint density at radius 2 is 1.58 bits per heavy atom. The highest BCUT2D eigenvalue weighted by Gasteiger charge is 2.35. The van der Waals surface area contributed by atoms with Crippen LogP contribution in [0.5, 0.6) is 0 Å². The fourth-order valence-corrected chi connectivity index (χ4v) is 4.22. The highest BCUT2D eigenvalue weighted by atomic mass is 16.2. The molecule has 1 aliphatic carbocycles. The maximum Gasteiger partial charge on any atom is 0.251 e. The molecule has 1 aliphatic heterocycles. The number of nitrogens with zero attached hydrogens (tertiary/aromatic N) is 1. The van der Waals surface area contributed by atoms with Gasteiger partial charge in [-0.15, -0.1) is 0 Å². The molecule has 1 saturated carbocycles. The number of carbonyl (C=O) groups is 3. The molecule has 0 aromatic heterocycles. The van der Waals surface area contributed by atoms with Gasteiger partial charge < -0.3 is 5.32 Å². The van der Waals surface area contributed by atoms with Crippen LogP contribution in [-0.2, 0) is 9.59 Å². The molecule has 2 aliphatic rings. The molecular formula is C21H28N2O3. The summed E-state index contributed by atoms with van der Waals surface area (Å²) in [6.07, 6.45) is 5.06. The van der Waals surface area contributed by atoms with Gasteiger partial charge in [0.05, 0.1) is 5.69 Å². The number of carbonyl (C=O) groups excluding carboxylic acids is 3. The zero-order valence-corrected chi connectivity index (χ0v) is 15.9. The second kappa shape index (κ2) is 7.22. The average molecular weight is 356 g/mol. The van der Waals surface area contributed by atoms with Gasteiger partial charge >= 0.3 is 0 Å². The molecule has 5 nitrogen and oxygen atoms in total. The van der Waals surface area contributed by atoms with Crippen molar-refractivity contribution in [3.8, 4) is 0 Å². The van der Waals surface area contributed by atoms with E-state index in [-0.39, 0.29) is 42.0 Å². The van der Waals surface area contributed by atoms with Gasteiger partial charge in [0.1, 0.15) is 0 Å². The van der Waals surface area contributed by atoms with Crippen molar-refractivity contribution in [2.75, 3.05) is 4.90 Å². The van der Waals surface area contributed by atoms with Crippen molar-refractivity contribution in [3.05, 3.63) is 29.8 Å². The Hall–Kier alpha value is -2.17. The van der Waals surface area contributed by atoms with Crippen LogP contribution in [0.15, 0.2) is 24.3 Å². The zero-order chi connectivity index (χ0) is 18.9. The van der Waals surface area contributed by atoms with Crippen molar-refractivity contribution < 1.29 is 14.4 Å². The Kier molecular flexibility index (Phi) is 5.17. The van der Waals surface area contributed by atoms with Crippen LogP contribution in [0.4, 0.5) is 5.69 Å². The zero-order valence-electron chi connectivity index (χ0n) is 15.9. The largest absolute Gasteiger partial charge is 0.349 e. The average Bonchev–Trinajstić information content (AvgIpc) is 2.93. The molecule has 26 heavy (non-hydrogen) atoms. The van der Waals surface area contributed by atoms with E-state index in [0.29, 0.717) is 17.2 Å². The Balaban J connectivity index is 1.70. The highest BCUT2D eigenvalue weighted by Crippen LogP contribution is 2.38. The molecule has 1 heterocycles. The fraction of sp³-hybridized carbons (Fsp3) is 0.571. The van der Waals surface area contributed by atoms with E-state index >= 15 is 0 Å². The summed E-state index contributed by atoms with van der Waals surface area (Å²) in [4.78, 5) is 37.5. The highest BCUT2D eigenvalue weighted by molar-refractivity contribution is 6.19. The normalized spacial score (nSPS) is 24.0. The van der Waals surface area contributed by atoms with E-state index in [1.807, 2.05) is 0 Å². The molecule has 3 amide bonds. The third-order valence-corrected chi connectivity index (χ3v) is 5.63. The van der Waals surface area contributed by atoms with Crippen LogP contribution in [0.25, 0.3) is 0 Å². The molecule has 0 bridgehead atoms. The molecule has 140 valence electrons. The minimum Gasteiger partial charge on any atom is -0.349 e. The standard InChI is InChI=1S/C21H28N2O3/c1-21(2,3)16-6-4-5-7-17(16)22-20(26)14-8-10-15(11-9-14)23-18(24)12-13-19(23)25/h8-11,16-17H,4-7,12-13H2,1-3H3,(H,22,26)/t16-,17+/m0/s1. The summed E-state index contributed by atoms with van der Waals surface area (Å²) in [5.74, 6) is 0.0287. The van der Waals surface area contributed by atoms with Crippen molar-refractivity contribution in [2.24, 2.45) is 11.3 Å². The maximum atomic E-state index is 12.7. The first-order chi connectivity index (χ1) is 12.3. The van der Waals surface area contributed by atoms with Crippen LogP contribution in [0, 0.1) is 11.3 Å². The molecule has 1 aromatic carbocycles. The molecule has 1 N–H and O–H groups in total. The predicted octanol–water partition coefficient (Wildman–Crippen LogP) is 3.67. The number of anilines is 1. The van der Waals surface area contributed by atoms with E-state index in [1.165, 1.54) is 11.3 Å². The lowest BCUT2D eigenvalue weighted by Crippen LogP contribution is -2.46. The predicted molar refractivity (Wildman–Crippen MR) is 101 cm³/mol. The monoisotopic (exact) mass is 356 g/mol. The van der Waals surface area contributed by atoms with Gasteiger partial charge in [-0.05, 0) is 48.4 Å². The van der Waals surface area contributed by atoms with E-state index in [1.54, 1.807) is 24.3 Å². The first-order valence-corrected chi connectivity index (χ1v) is 9.54. The van der Waals surface area contributed by atoms with Gasteiger partial charge in [-0.1, -0.05) is 33.6 Å². The van der Waals surface area contributed by atoms with Gasteiger partial charge in [0.2, 0.25) is 11.8 Å². The van der Waals surface area contributed by atoms with Crippen molar-refractivity contribution in [1.29, 1.82) is 0 Å². The number of hydrogen-bond donors (Lipinski definition) is 1. The Morgan fingerprint density at radius 1 is 1.00 bits per heavy atom. The number of nitrogens with one attached hydrogen (secondary N) is 1. The van der Waals surface area contributed by atoms with Crippen LogP contribution < -0.4 is 10.2 Å². The molecule has 0 unspecified atom stereocenters. The van der Waals surface area contributed by atoms with E-state index < -0.39 is 0 Å². The molecule has 2 fully saturated rings. The lowest BCUT2D eigenvalue weighted by Gasteiger charge is -2.40. The third-order valence-electron chi connectivity index (χ3n) is 5.63. The number of benzene rings is 1. The van der Waals surface area contributed by atoms with E-state index in [2.05, 4.69) is 26.1 Å². The lowest BCUT2D eigenvalue weighted by molar-refractivity contribution is -0.121. The number of amides is 3. The number of hydrogen-bond acceptors (Lipinski definition) is 3. The topological polar surface area (TPSA) is 66.5 Å². The molecule has 5 heteroatoms. The van der Waals surface area contributed by atoms with Crippen molar-refractivity contribution in [3.63, 3.8) is 0 Å². The Labute approximate surface area is 155 Å². The van der Waals surface area contributed by atoms with Crippen molar-refractivity contribution >= 4 is 23.4 Å². The minimum absolute atomic E-state index is 0.0863. The number of imide groups is 1.